The highest BCUT2D eigenvalue weighted by atomic mass is 32.1. The number of hydrogen-bond acceptors (Lipinski definition) is 3. The van der Waals surface area contributed by atoms with Crippen molar-refractivity contribution in [1.82, 2.24) is 15.5 Å². The fourth-order valence-electron chi connectivity index (χ4n) is 3.70. The van der Waals surface area contributed by atoms with E-state index in [1.165, 1.54) is 10.4 Å². The van der Waals surface area contributed by atoms with E-state index in [0.717, 1.165) is 30.5 Å². The van der Waals surface area contributed by atoms with Crippen molar-refractivity contribution in [3.8, 4) is 0 Å². The summed E-state index contributed by atoms with van der Waals surface area (Å²) in [4.78, 5) is 13.8. The molecule has 3 aromatic rings. The molecule has 2 aliphatic rings. The zero-order valence-corrected chi connectivity index (χ0v) is 15.1. The summed E-state index contributed by atoms with van der Waals surface area (Å²) in [6.45, 7) is 0. The quantitative estimate of drug-likeness (QED) is 0.740. The fraction of sp³-hybridized carbons (Fsp3) is 0.238. The molecule has 1 atom stereocenters. The molecule has 5 heteroatoms. The van der Waals surface area contributed by atoms with Gasteiger partial charge in [-0.15, -0.1) is 11.3 Å². The number of aromatic nitrogens is 2. The molecule has 0 aliphatic heterocycles. The van der Waals surface area contributed by atoms with Crippen molar-refractivity contribution in [2.75, 3.05) is 0 Å². The average Bonchev–Trinajstić information content (AvgIpc) is 3.16. The van der Waals surface area contributed by atoms with Crippen molar-refractivity contribution >= 4 is 23.3 Å². The molecular weight excluding hydrogens is 342 g/mol. The number of carbonyl (C=O) groups excluding carboxylic acids is 1. The van der Waals surface area contributed by atoms with E-state index in [-0.39, 0.29) is 11.3 Å². The number of thiophene rings is 1. The lowest BCUT2D eigenvalue weighted by atomic mass is 9.72. The molecule has 1 fully saturated rings. The number of H-pyrrole nitrogens is 1. The minimum absolute atomic E-state index is 0.0713. The van der Waals surface area contributed by atoms with E-state index in [1.807, 2.05) is 6.07 Å². The molecule has 1 amide bonds. The van der Waals surface area contributed by atoms with Crippen LogP contribution < -0.4 is 5.32 Å². The maximum absolute atomic E-state index is 12.5. The van der Waals surface area contributed by atoms with Crippen LogP contribution in [0.2, 0.25) is 0 Å². The Labute approximate surface area is 156 Å². The van der Waals surface area contributed by atoms with Gasteiger partial charge in [-0.1, -0.05) is 48.6 Å². The highest BCUT2D eigenvalue weighted by Crippen LogP contribution is 2.43. The predicted molar refractivity (Wildman–Crippen MR) is 103 cm³/mol. The number of allylic oxidation sites excluding steroid dienone is 1. The van der Waals surface area contributed by atoms with Crippen LogP contribution in [0.15, 0.2) is 53.9 Å². The van der Waals surface area contributed by atoms with Crippen LogP contribution in [-0.4, -0.2) is 22.1 Å². The smallest absolute Gasteiger partial charge is 0.272 e. The van der Waals surface area contributed by atoms with Gasteiger partial charge in [0.05, 0.1) is 5.41 Å². The van der Waals surface area contributed by atoms with Crippen molar-refractivity contribution in [1.29, 1.82) is 0 Å². The molecule has 0 bridgehead atoms. The van der Waals surface area contributed by atoms with Gasteiger partial charge in [-0.05, 0) is 29.9 Å². The number of rotatable bonds is 4. The Bertz CT molecular complexity index is 970. The van der Waals surface area contributed by atoms with Crippen molar-refractivity contribution in [2.45, 2.75) is 30.7 Å². The summed E-state index contributed by atoms with van der Waals surface area (Å²) in [5.74, 6) is -0.0713. The van der Waals surface area contributed by atoms with Gasteiger partial charge in [0.25, 0.3) is 5.91 Å². The Kier molecular flexibility index (Phi) is 3.57. The Morgan fingerprint density at radius 3 is 2.77 bits per heavy atom. The molecule has 2 N–H and O–H groups in total. The maximum Gasteiger partial charge on any atom is 0.272 e. The van der Waals surface area contributed by atoms with Gasteiger partial charge in [-0.25, -0.2) is 0 Å². The molecule has 0 radical (unpaired) electrons. The van der Waals surface area contributed by atoms with Crippen molar-refractivity contribution in [3.05, 3.63) is 81.3 Å². The average molecular weight is 361 g/mol. The lowest BCUT2D eigenvalue weighted by molar-refractivity contribution is 0.0946. The third kappa shape index (κ3) is 2.51. The summed E-state index contributed by atoms with van der Waals surface area (Å²) in [5, 5.41) is 12.6. The summed E-state index contributed by atoms with van der Waals surface area (Å²) in [7, 11) is 0. The lowest BCUT2D eigenvalue weighted by Gasteiger charge is -2.33. The first kappa shape index (κ1) is 15.6. The summed E-state index contributed by atoms with van der Waals surface area (Å²) >= 11 is 1.76. The van der Waals surface area contributed by atoms with Crippen molar-refractivity contribution in [2.24, 2.45) is 0 Å². The van der Waals surface area contributed by atoms with Crippen LogP contribution in [0.5, 0.6) is 0 Å². The van der Waals surface area contributed by atoms with Gasteiger partial charge in [0.1, 0.15) is 0 Å². The number of aromatic amines is 1. The fourth-order valence-corrected chi connectivity index (χ4v) is 4.63. The van der Waals surface area contributed by atoms with Gasteiger partial charge < -0.3 is 5.32 Å². The van der Waals surface area contributed by atoms with E-state index < -0.39 is 0 Å². The molecule has 5 rings (SSSR count). The third-order valence-corrected chi connectivity index (χ3v) is 6.30. The van der Waals surface area contributed by atoms with E-state index in [4.69, 9.17) is 0 Å². The zero-order valence-electron chi connectivity index (χ0n) is 14.2. The molecule has 2 aromatic heterocycles. The molecule has 1 unspecified atom stereocenters. The second kappa shape index (κ2) is 5.95. The monoisotopic (exact) mass is 361 g/mol. The largest absolute Gasteiger partial charge is 0.348 e. The van der Waals surface area contributed by atoms with Gasteiger partial charge in [0, 0.05) is 28.6 Å². The van der Waals surface area contributed by atoms with Gasteiger partial charge in [0.2, 0.25) is 0 Å². The molecule has 1 saturated carbocycles. The SMILES string of the molecule is O=C(NC1CC1)c1n[nH]c2c1C=CC(c1ccccc1)(c1cccs1)C2. The van der Waals surface area contributed by atoms with Gasteiger partial charge in [-0.2, -0.15) is 5.10 Å². The van der Waals surface area contributed by atoms with Crippen molar-refractivity contribution < 1.29 is 4.79 Å². The van der Waals surface area contributed by atoms with E-state index >= 15 is 0 Å². The van der Waals surface area contributed by atoms with Gasteiger partial charge in [0.15, 0.2) is 5.69 Å². The molecular formula is C21H19N3OS. The number of nitrogens with zero attached hydrogens (tertiary/aromatic N) is 1. The number of amides is 1. The first-order valence-electron chi connectivity index (χ1n) is 8.93. The molecule has 4 nitrogen and oxygen atoms in total. The Balaban J connectivity index is 1.57. The van der Waals surface area contributed by atoms with E-state index in [1.54, 1.807) is 11.3 Å². The van der Waals surface area contributed by atoms with Crippen LogP contribution in [0.4, 0.5) is 0 Å². The van der Waals surface area contributed by atoms with Crippen LogP contribution >= 0.6 is 11.3 Å². The van der Waals surface area contributed by atoms with Gasteiger partial charge >= 0.3 is 0 Å². The minimum atomic E-state index is -0.223. The van der Waals surface area contributed by atoms with Crippen LogP contribution in [0.1, 0.15) is 45.0 Å². The normalized spacial score (nSPS) is 21.4. The molecule has 0 spiro atoms. The number of nitrogens with one attached hydrogen (secondary N) is 2. The van der Waals surface area contributed by atoms with E-state index in [2.05, 4.69) is 69.4 Å². The summed E-state index contributed by atoms with van der Waals surface area (Å²) in [6.07, 6.45) is 7.22. The van der Waals surface area contributed by atoms with Crippen LogP contribution in [-0.2, 0) is 11.8 Å². The highest BCUT2D eigenvalue weighted by Gasteiger charge is 2.38. The first-order chi connectivity index (χ1) is 12.8. The second-order valence-electron chi connectivity index (χ2n) is 7.04. The first-order valence-corrected chi connectivity index (χ1v) is 9.81. The summed E-state index contributed by atoms with van der Waals surface area (Å²) < 4.78 is 0. The number of benzene rings is 1. The maximum atomic E-state index is 12.5. The summed E-state index contributed by atoms with van der Waals surface area (Å²) in [5.41, 5.74) is 3.48. The Morgan fingerprint density at radius 2 is 2.04 bits per heavy atom. The van der Waals surface area contributed by atoms with Crippen LogP contribution in [0.3, 0.4) is 0 Å². The molecule has 2 heterocycles. The molecule has 26 heavy (non-hydrogen) atoms. The molecule has 1 aromatic carbocycles. The summed E-state index contributed by atoms with van der Waals surface area (Å²) in [6, 6.07) is 15.2. The van der Waals surface area contributed by atoms with Crippen LogP contribution in [0.25, 0.3) is 6.08 Å². The zero-order chi connectivity index (χ0) is 17.6. The number of carbonyl (C=O) groups is 1. The molecule has 0 saturated heterocycles. The highest BCUT2D eigenvalue weighted by molar-refractivity contribution is 7.10. The standard InChI is InChI=1S/C21H19N3OS/c25-20(22-15-8-9-15)19-16-10-11-21(13-17(16)23-24-19,18-7-4-12-26-18)14-5-2-1-3-6-14/h1-7,10-12,15H,8-9,13H2,(H,22,25)(H,23,24). The van der Waals surface area contributed by atoms with Crippen LogP contribution in [0, 0.1) is 0 Å². The van der Waals surface area contributed by atoms with Crippen molar-refractivity contribution in [3.63, 3.8) is 0 Å². The lowest BCUT2D eigenvalue weighted by Crippen LogP contribution is -2.30. The van der Waals surface area contributed by atoms with E-state index in [9.17, 15) is 4.79 Å². The second-order valence-corrected chi connectivity index (χ2v) is 7.98. The van der Waals surface area contributed by atoms with E-state index in [0.29, 0.717) is 11.7 Å². The topological polar surface area (TPSA) is 57.8 Å². The molecule has 130 valence electrons. The Morgan fingerprint density at radius 1 is 1.19 bits per heavy atom. The third-order valence-electron chi connectivity index (χ3n) is 5.25. The Hall–Kier alpha value is -2.66. The minimum Gasteiger partial charge on any atom is -0.348 e. The predicted octanol–water partition coefficient (Wildman–Crippen LogP) is 3.92. The molecule has 2 aliphatic carbocycles. The van der Waals surface area contributed by atoms with Gasteiger partial charge in [-0.3, -0.25) is 9.89 Å². The number of fused-ring (bicyclic) bond motifs is 1. The number of hydrogen-bond donors (Lipinski definition) is 2.